The van der Waals surface area contributed by atoms with Crippen molar-refractivity contribution in [2.24, 2.45) is 0 Å². The van der Waals surface area contributed by atoms with E-state index in [0.717, 1.165) is 39.3 Å². The molecule has 110 valence electrons. The highest BCUT2D eigenvalue weighted by molar-refractivity contribution is 5.73. The van der Waals surface area contributed by atoms with Crippen LogP contribution in [0.25, 0.3) is 0 Å². The summed E-state index contributed by atoms with van der Waals surface area (Å²) in [5.41, 5.74) is 2.58. The van der Waals surface area contributed by atoms with Crippen molar-refractivity contribution in [2.75, 3.05) is 37.6 Å². The van der Waals surface area contributed by atoms with Crippen molar-refractivity contribution < 1.29 is 4.79 Å². The van der Waals surface area contributed by atoms with Gasteiger partial charge in [-0.05, 0) is 30.7 Å². The number of amides is 1. The molecule has 4 heteroatoms. The number of nitrogens with zero attached hydrogens (tertiary/aromatic N) is 2. The van der Waals surface area contributed by atoms with E-state index in [1.807, 2.05) is 4.90 Å². The predicted octanol–water partition coefficient (Wildman–Crippen LogP) is 1.85. The number of piperazine rings is 1. The third-order valence-corrected chi connectivity index (χ3v) is 3.78. The normalized spacial score (nSPS) is 15.5. The zero-order valence-corrected chi connectivity index (χ0v) is 12.6. The van der Waals surface area contributed by atoms with Crippen LogP contribution in [0.5, 0.6) is 0 Å². The van der Waals surface area contributed by atoms with E-state index in [2.05, 4.69) is 41.4 Å². The van der Waals surface area contributed by atoms with Crippen LogP contribution in [0, 0.1) is 0 Å². The molecule has 1 aromatic rings. The van der Waals surface area contributed by atoms with Crippen LogP contribution in [-0.4, -0.2) is 43.5 Å². The van der Waals surface area contributed by atoms with Gasteiger partial charge >= 0.3 is 0 Å². The van der Waals surface area contributed by atoms with Gasteiger partial charge in [-0.25, -0.2) is 0 Å². The van der Waals surface area contributed by atoms with Crippen molar-refractivity contribution in [1.29, 1.82) is 0 Å². The summed E-state index contributed by atoms with van der Waals surface area (Å²) in [6, 6.07) is 8.75. The van der Waals surface area contributed by atoms with Crippen LogP contribution in [-0.2, 0) is 11.3 Å². The first-order chi connectivity index (χ1) is 9.70. The number of carbonyl (C=O) groups excluding carboxylic acids is 1. The Kier molecular flexibility index (Phi) is 5.41. The van der Waals surface area contributed by atoms with Gasteiger partial charge in [0, 0.05) is 45.3 Å². The number of nitrogens with one attached hydrogen (secondary N) is 1. The van der Waals surface area contributed by atoms with Gasteiger partial charge in [0.1, 0.15) is 0 Å². The van der Waals surface area contributed by atoms with Crippen LogP contribution in [0.2, 0.25) is 0 Å². The molecule has 4 nitrogen and oxygen atoms in total. The van der Waals surface area contributed by atoms with E-state index in [1.165, 1.54) is 17.7 Å². The molecule has 0 aliphatic carbocycles. The van der Waals surface area contributed by atoms with Gasteiger partial charge in [-0.1, -0.05) is 19.1 Å². The molecular weight excluding hydrogens is 250 g/mol. The van der Waals surface area contributed by atoms with Crippen LogP contribution in [0.15, 0.2) is 24.3 Å². The van der Waals surface area contributed by atoms with Crippen LogP contribution in [0.1, 0.15) is 25.8 Å². The van der Waals surface area contributed by atoms with Gasteiger partial charge in [0.15, 0.2) is 0 Å². The smallest absolute Gasteiger partial charge is 0.219 e. The number of carbonyl (C=O) groups is 1. The lowest BCUT2D eigenvalue weighted by molar-refractivity contribution is -0.129. The highest BCUT2D eigenvalue weighted by atomic mass is 16.2. The molecule has 1 N–H and O–H groups in total. The first-order valence-electron chi connectivity index (χ1n) is 7.51. The Morgan fingerprint density at radius 2 is 1.80 bits per heavy atom. The average Bonchev–Trinajstić information content (AvgIpc) is 2.48. The van der Waals surface area contributed by atoms with Gasteiger partial charge in [0.25, 0.3) is 0 Å². The fourth-order valence-electron chi connectivity index (χ4n) is 2.51. The summed E-state index contributed by atoms with van der Waals surface area (Å²) in [4.78, 5) is 15.6. The molecule has 0 atom stereocenters. The van der Waals surface area contributed by atoms with Crippen molar-refractivity contribution in [2.45, 2.75) is 26.8 Å². The molecule has 1 saturated heterocycles. The number of rotatable bonds is 5. The first-order valence-corrected chi connectivity index (χ1v) is 7.51. The molecule has 0 spiro atoms. The zero-order chi connectivity index (χ0) is 14.4. The summed E-state index contributed by atoms with van der Waals surface area (Å²) in [6.45, 7) is 9.33. The van der Waals surface area contributed by atoms with Gasteiger partial charge < -0.3 is 15.1 Å². The lowest BCUT2D eigenvalue weighted by Crippen LogP contribution is -2.48. The van der Waals surface area contributed by atoms with Gasteiger partial charge in [-0.2, -0.15) is 0 Å². The summed E-state index contributed by atoms with van der Waals surface area (Å²) in [5.74, 6) is 0.182. The highest BCUT2D eigenvalue weighted by Crippen LogP contribution is 2.17. The number of anilines is 1. The molecule has 0 unspecified atom stereocenters. The van der Waals surface area contributed by atoms with Gasteiger partial charge in [-0.15, -0.1) is 0 Å². The van der Waals surface area contributed by atoms with Crippen LogP contribution < -0.4 is 10.2 Å². The third kappa shape index (κ3) is 3.97. The number of benzene rings is 1. The molecule has 1 heterocycles. The van der Waals surface area contributed by atoms with E-state index < -0.39 is 0 Å². The third-order valence-electron chi connectivity index (χ3n) is 3.78. The quantitative estimate of drug-likeness (QED) is 0.833. The van der Waals surface area contributed by atoms with E-state index in [-0.39, 0.29) is 5.91 Å². The fourth-order valence-corrected chi connectivity index (χ4v) is 2.51. The van der Waals surface area contributed by atoms with Crippen molar-refractivity contribution in [3.63, 3.8) is 0 Å². The SMILES string of the molecule is CCCNCc1ccc(N2CCN(C(C)=O)CC2)cc1. The largest absolute Gasteiger partial charge is 0.368 e. The van der Waals surface area contributed by atoms with E-state index in [9.17, 15) is 4.79 Å². The number of hydrogen-bond acceptors (Lipinski definition) is 3. The van der Waals surface area contributed by atoms with Crippen molar-refractivity contribution in [3.8, 4) is 0 Å². The maximum Gasteiger partial charge on any atom is 0.219 e. The monoisotopic (exact) mass is 275 g/mol. The van der Waals surface area contributed by atoms with Gasteiger partial charge in [0.2, 0.25) is 5.91 Å². The fraction of sp³-hybridized carbons (Fsp3) is 0.562. The molecule has 20 heavy (non-hydrogen) atoms. The summed E-state index contributed by atoms with van der Waals surface area (Å²) in [6.07, 6.45) is 1.17. The Labute approximate surface area is 121 Å². The standard InChI is InChI=1S/C16H25N3O/c1-3-8-17-13-15-4-6-16(7-5-15)19-11-9-18(10-12-19)14(2)20/h4-7,17H,3,8-13H2,1-2H3. The molecule has 0 aromatic heterocycles. The molecule has 1 aliphatic rings. The van der Waals surface area contributed by atoms with Crippen LogP contribution in [0.3, 0.4) is 0 Å². The molecule has 0 saturated carbocycles. The van der Waals surface area contributed by atoms with E-state index >= 15 is 0 Å². The molecule has 1 amide bonds. The van der Waals surface area contributed by atoms with Crippen molar-refractivity contribution >= 4 is 11.6 Å². The average molecular weight is 275 g/mol. The summed E-state index contributed by atoms with van der Waals surface area (Å²) < 4.78 is 0. The minimum atomic E-state index is 0.182. The van der Waals surface area contributed by atoms with E-state index in [1.54, 1.807) is 6.92 Å². The molecule has 1 fully saturated rings. The first kappa shape index (κ1) is 14.9. The van der Waals surface area contributed by atoms with Crippen LogP contribution >= 0.6 is 0 Å². The van der Waals surface area contributed by atoms with Crippen molar-refractivity contribution in [1.82, 2.24) is 10.2 Å². The van der Waals surface area contributed by atoms with E-state index in [4.69, 9.17) is 0 Å². The second-order valence-corrected chi connectivity index (χ2v) is 5.34. The Morgan fingerprint density at radius 1 is 1.15 bits per heavy atom. The molecule has 2 rings (SSSR count). The molecule has 0 radical (unpaired) electrons. The molecule has 1 aliphatic heterocycles. The van der Waals surface area contributed by atoms with Crippen molar-refractivity contribution in [3.05, 3.63) is 29.8 Å². The lowest BCUT2D eigenvalue weighted by Gasteiger charge is -2.35. The molecule has 1 aromatic carbocycles. The molecule has 0 bridgehead atoms. The Morgan fingerprint density at radius 3 is 2.35 bits per heavy atom. The van der Waals surface area contributed by atoms with E-state index in [0.29, 0.717) is 0 Å². The zero-order valence-electron chi connectivity index (χ0n) is 12.6. The topological polar surface area (TPSA) is 35.6 Å². The Bertz CT molecular complexity index is 422. The minimum Gasteiger partial charge on any atom is -0.368 e. The van der Waals surface area contributed by atoms with Gasteiger partial charge in [-0.3, -0.25) is 4.79 Å². The maximum atomic E-state index is 11.3. The summed E-state index contributed by atoms with van der Waals surface area (Å²) >= 11 is 0. The Hall–Kier alpha value is -1.55. The predicted molar refractivity (Wildman–Crippen MR) is 82.9 cm³/mol. The number of hydrogen-bond donors (Lipinski definition) is 1. The second kappa shape index (κ2) is 7.29. The minimum absolute atomic E-state index is 0.182. The van der Waals surface area contributed by atoms with Crippen LogP contribution in [0.4, 0.5) is 5.69 Å². The maximum absolute atomic E-state index is 11.3. The van der Waals surface area contributed by atoms with Gasteiger partial charge in [0.05, 0.1) is 0 Å². The second-order valence-electron chi connectivity index (χ2n) is 5.34. The molecular formula is C16H25N3O. The lowest BCUT2D eigenvalue weighted by atomic mass is 10.1. The highest BCUT2D eigenvalue weighted by Gasteiger charge is 2.18. The Balaban J connectivity index is 1.86. The summed E-state index contributed by atoms with van der Waals surface area (Å²) in [5, 5.41) is 3.41. The summed E-state index contributed by atoms with van der Waals surface area (Å²) in [7, 11) is 0.